The maximum absolute atomic E-state index is 13.7. The van der Waals surface area contributed by atoms with E-state index in [1.807, 2.05) is 39.5 Å². The average molecular weight is 532 g/mol. The van der Waals surface area contributed by atoms with Gasteiger partial charge in [-0.15, -0.1) is 5.10 Å². The third-order valence-corrected chi connectivity index (χ3v) is 7.59. The largest absolute Gasteiger partial charge is 0.377 e. The van der Waals surface area contributed by atoms with E-state index in [9.17, 15) is 4.79 Å². The molecule has 5 heterocycles. The first-order valence-corrected chi connectivity index (χ1v) is 13.2. The second-order valence-corrected chi connectivity index (χ2v) is 10.5. The van der Waals surface area contributed by atoms with E-state index in [0.717, 1.165) is 59.6 Å². The van der Waals surface area contributed by atoms with Crippen LogP contribution in [0.15, 0.2) is 41.7 Å². The molecule has 38 heavy (non-hydrogen) atoms. The van der Waals surface area contributed by atoms with E-state index < -0.39 is 0 Å². The quantitative estimate of drug-likeness (QED) is 0.330. The molecule has 2 N–H and O–H groups in total. The minimum absolute atomic E-state index is 0.0214. The summed E-state index contributed by atoms with van der Waals surface area (Å²) in [6, 6.07) is 7.54. The van der Waals surface area contributed by atoms with Crippen molar-refractivity contribution in [3.05, 3.63) is 69.2 Å². The van der Waals surface area contributed by atoms with Gasteiger partial charge in [0.1, 0.15) is 29.1 Å². The fourth-order valence-electron chi connectivity index (χ4n) is 5.56. The predicted octanol–water partition coefficient (Wildman–Crippen LogP) is 3.98. The van der Waals surface area contributed by atoms with Gasteiger partial charge in [0.15, 0.2) is 0 Å². The molecule has 0 bridgehead atoms. The van der Waals surface area contributed by atoms with Crippen molar-refractivity contribution in [2.24, 2.45) is 14.1 Å². The van der Waals surface area contributed by atoms with E-state index in [1.54, 1.807) is 21.6 Å². The van der Waals surface area contributed by atoms with E-state index in [4.69, 9.17) is 16.6 Å². The highest BCUT2D eigenvalue weighted by Gasteiger charge is 2.25. The maximum atomic E-state index is 13.7. The number of nitrogens with one attached hydrogen (secondary N) is 2. The first-order valence-electron chi connectivity index (χ1n) is 12.8. The standard InChI is InChI=1S/C27H30ClN9O/c1-15-11-18(16(2)32-20-5-6-21(28)33-23(20)25-31-13-35(3)34-25)24-19(12-15)27(38)36(4)26-22(30-14-37(24)26)17-7-9-29-10-8-17/h5-6,11-14,16-17,29,32H,7-10H2,1-4H3. The number of aryl methyl sites for hydroxylation is 3. The van der Waals surface area contributed by atoms with Gasteiger partial charge in [-0.2, -0.15) is 0 Å². The highest BCUT2D eigenvalue weighted by atomic mass is 35.5. The van der Waals surface area contributed by atoms with Gasteiger partial charge in [-0.3, -0.25) is 18.4 Å². The number of hydrogen-bond donors (Lipinski definition) is 2. The summed E-state index contributed by atoms with van der Waals surface area (Å²) in [6.45, 7) is 6.01. The Morgan fingerprint density at radius 1 is 1.13 bits per heavy atom. The number of fused-ring (bicyclic) bond motifs is 3. The van der Waals surface area contributed by atoms with Crippen LogP contribution in [0.25, 0.3) is 28.1 Å². The molecule has 0 amide bonds. The molecule has 1 saturated heterocycles. The lowest BCUT2D eigenvalue weighted by Gasteiger charge is -2.23. The topological polar surface area (TPSA) is 107 Å². The number of hydrogen-bond acceptors (Lipinski definition) is 7. The minimum atomic E-state index is -0.178. The molecular weight excluding hydrogens is 502 g/mol. The van der Waals surface area contributed by atoms with Crippen LogP contribution in [0.1, 0.15) is 48.5 Å². The molecule has 4 aromatic heterocycles. The lowest BCUT2D eigenvalue weighted by Crippen LogP contribution is -2.28. The molecule has 1 fully saturated rings. The van der Waals surface area contributed by atoms with Gasteiger partial charge >= 0.3 is 0 Å². The van der Waals surface area contributed by atoms with Gasteiger partial charge in [-0.05, 0) is 69.1 Å². The monoisotopic (exact) mass is 531 g/mol. The highest BCUT2D eigenvalue weighted by Crippen LogP contribution is 2.34. The molecule has 0 saturated carbocycles. The minimum Gasteiger partial charge on any atom is -0.377 e. The van der Waals surface area contributed by atoms with Crippen molar-refractivity contribution in [3.63, 3.8) is 0 Å². The molecule has 1 aliphatic heterocycles. The molecule has 5 aromatic rings. The normalized spacial score (nSPS) is 15.4. The summed E-state index contributed by atoms with van der Waals surface area (Å²) in [5.41, 5.74) is 6.02. The Kier molecular flexibility index (Phi) is 6.16. The summed E-state index contributed by atoms with van der Waals surface area (Å²) < 4.78 is 5.47. The number of imidazole rings is 1. The van der Waals surface area contributed by atoms with Gasteiger partial charge in [0.2, 0.25) is 5.82 Å². The summed E-state index contributed by atoms with van der Waals surface area (Å²) in [7, 11) is 3.66. The fraction of sp³-hybridized carbons (Fsp3) is 0.370. The van der Waals surface area contributed by atoms with Crippen molar-refractivity contribution in [2.45, 2.75) is 38.6 Å². The zero-order valence-electron chi connectivity index (χ0n) is 21.9. The number of rotatable bonds is 5. The van der Waals surface area contributed by atoms with Gasteiger partial charge in [-0.1, -0.05) is 17.7 Å². The lowest BCUT2D eigenvalue weighted by atomic mass is 9.94. The van der Waals surface area contributed by atoms with Gasteiger partial charge in [0.25, 0.3) is 5.56 Å². The lowest BCUT2D eigenvalue weighted by molar-refractivity contribution is 0.455. The summed E-state index contributed by atoms with van der Waals surface area (Å²) in [5.74, 6) is 0.804. The Hall–Kier alpha value is -3.76. The van der Waals surface area contributed by atoms with Gasteiger partial charge < -0.3 is 10.6 Å². The van der Waals surface area contributed by atoms with Crippen LogP contribution < -0.4 is 16.2 Å². The maximum Gasteiger partial charge on any atom is 0.261 e. The summed E-state index contributed by atoms with van der Waals surface area (Å²) in [6.07, 6.45) is 5.51. The second-order valence-electron chi connectivity index (χ2n) is 10.1. The Morgan fingerprint density at radius 2 is 1.92 bits per heavy atom. The molecule has 1 unspecified atom stereocenters. The molecule has 11 heteroatoms. The Balaban J connectivity index is 1.51. The average Bonchev–Trinajstić information content (AvgIpc) is 3.55. The van der Waals surface area contributed by atoms with Crippen LogP contribution in [0.2, 0.25) is 5.15 Å². The van der Waals surface area contributed by atoms with Crippen LogP contribution in [0.5, 0.6) is 0 Å². The van der Waals surface area contributed by atoms with Crippen LogP contribution in [0, 0.1) is 6.92 Å². The van der Waals surface area contributed by atoms with Gasteiger partial charge in [0, 0.05) is 20.0 Å². The number of benzene rings is 1. The number of aromatic nitrogens is 7. The number of halogens is 1. The predicted molar refractivity (Wildman–Crippen MR) is 149 cm³/mol. The third kappa shape index (κ3) is 4.13. The molecule has 0 spiro atoms. The van der Waals surface area contributed by atoms with Crippen molar-refractivity contribution in [1.29, 1.82) is 0 Å². The second kappa shape index (κ2) is 9.52. The van der Waals surface area contributed by atoms with Crippen LogP contribution in [-0.4, -0.2) is 46.8 Å². The Labute approximate surface area is 224 Å². The van der Waals surface area contributed by atoms with E-state index in [2.05, 4.69) is 43.1 Å². The molecule has 1 atom stereocenters. The molecule has 10 nitrogen and oxygen atoms in total. The van der Waals surface area contributed by atoms with Crippen LogP contribution in [0.3, 0.4) is 0 Å². The summed E-state index contributed by atoms with van der Waals surface area (Å²) >= 11 is 6.24. The van der Waals surface area contributed by atoms with Crippen molar-refractivity contribution >= 4 is 33.8 Å². The number of anilines is 1. The van der Waals surface area contributed by atoms with Crippen molar-refractivity contribution in [3.8, 4) is 11.5 Å². The first-order chi connectivity index (χ1) is 18.3. The number of piperidine rings is 1. The fourth-order valence-corrected chi connectivity index (χ4v) is 5.71. The van der Waals surface area contributed by atoms with Crippen molar-refractivity contribution in [1.82, 2.24) is 39.0 Å². The van der Waals surface area contributed by atoms with Crippen molar-refractivity contribution < 1.29 is 0 Å². The van der Waals surface area contributed by atoms with Gasteiger partial charge in [-0.25, -0.2) is 15.0 Å². The first kappa shape index (κ1) is 24.6. The van der Waals surface area contributed by atoms with Crippen LogP contribution >= 0.6 is 11.6 Å². The van der Waals surface area contributed by atoms with E-state index >= 15 is 0 Å². The molecular formula is C27H30ClN9O. The third-order valence-electron chi connectivity index (χ3n) is 7.38. The molecule has 196 valence electrons. The molecule has 0 radical (unpaired) electrons. The Bertz CT molecular complexity index is 1730. The number of pyridine rings is 1. The SMILES string of the molecule is Cc1cc(C(C)Nc2ccc(Cl)nc2-c2ncn(C)n2)c2c(c1)c(=O)n(C)c1c(C3CCNCC3)ncn21. The summed E-state index contributed by atoms with van der Waals surface area (Å²) in [5, 5.41) is 12.5. The molecule has 1 aromatic carbocycles. The Morgan fingerprint density at radius 3 is 2.66 bits per heavy atom. The van der Waals surface area contributed by atoms with Gasteiger partial charge in [0.05, 0.1) is 28.3 Å². The van der Waals surface area contributed by atoms with E-state index in [0.29, 0.717) is 28.0 Å². The molecule has 6 rings (SSSR count). The van der Waals surface area contributed by atoms with E-state index in [-0.39, 0.29) is 11.6 Å². The van der Waals surface area contributed by atoms with E-state index in [1.165, 1.54) is 0 Å². The highest BCUT2D eigenvalue weighted by molar-refractivity contribution is 6.29. The zero-order valence-corrected chi connectivity index (χ0v) is 22.6. The molecule has 0 aliphatic carbocycles. The smallest absolute Gasteiger partial charge is 0.261 e. The molecule has 1 aliphatic rings. The zero-order chi connectivity index (χ0) is 26.6. The summed E-state index contributed by atoms with van der Waals surface area (Å²) in [4.78, 5) is 27.4. The number of nitrogens with zero attached hydrogens (tertiary/aromatic N) is 7. The van der Waals surface area contributed by atoms with Crippen molar-refractivity contribution in [2.75, 3.05) is 18.4 Å². The van der Waals surface area contributed by atoms with Crippen LogP contribution in [0.4, 0.5) is 5.69 Å². The van der Waals surface area contributed by atoms with Crippen LogP contribution in [-0.2, 0) is 14.1 Å².